The Labute approximate surface area is 128 Å². The number of benzene rings is 1. The topological polar surface area (TPSA) is 42.0 Å². The molecule has 1 N–H and O–H groups in total. The van der Waals surface area contributed by atoms with Crippen LogP contribution in [-0.4, -0.2) is 17.4 Å². The van der Waals surface area contributed by atoms with Crippen LogP contribution in [0.2, 0.25) is 0 Å². The zero-order valence-corrected chi connectivity index (χ0v) is 12.6. The number of carbonyl (C=O) groups is 1. The molecule has 3 nitrogen and oxygen atoms in total. The first-order valence-electron chi connectivity index (χ1n) is 7.60. The second-order valence-electron chi connectivity index (χ2n) is 6.00. The van der Waals surface area contributed by atoms with Crippen molar-refractivity contribution in [3.05, 3.63) is 41.4 Å². The summed E-state index contributed by atoms with van der Waals surface area (Å²) in [4.78, 5) is 16.8. The first kappa shape index (κ1) is 13.0. The molecule has 4 heteroatoms. The fourth-order valence-electron chi connectivity index (χ4n) is 3.53. The van der Waals surface area contributed by atoms with Gasteiger partial charge in [0.05, 0.1) is 15.2 Å². The number of nitrogens with zero attached hydrogens (tertiary/aromatic N) is 1. The van der Waals surface area contributed by atoms with Crippen molar-refractivity contribution in [1.29, 1.82) is 0 Å². The standard InChI is InChI=1S/C17H18N2OS/c20-17(13-10-11-5-6-12(13)9-11)18-8-7-16-19-14-3-1-2-4-15(14)21-16/h1-6,11-13H,7-10H2,(H,18,20)/t11-,12+,13-/m1/s1. The predicted molar refractivity (Wildman–Crippen MR) is 85.2 cm³/mol. The molecule has 2 bridgehead atoms. The van der Waals surface area contributed by atoms with Crippen LogP contribution in [0.4, 0.5) is 0 Å². The van der Waals surface area contributed by atoms with Crippen molar-refractivity contribution in [2.75, 3.05) is 6.54 Å². The van der Waals surface area contributed by atoms with Crippen LogP contribution in [0.15, 0.2) is 36.4 Å². The van der Waals surface area contributed by atoms with E-state index in [-0.39, 0.29) is 11.8 Å². The largest absolute Gasteiger partial charge is 0.355 e. The summed E-state index contributed by atoms with van der Waals surface area (Å²) in [5, 5.41) is 4.20. The lowest BCUT2D eigenvalue weighted by molar-refractivity contribution is -0.125. The van der Waals surface area contributed by atoms with E-state index < -0.39 is 0 Å². The lowest BCUT2D eigenvalue weighted by Crippen LogP contribution is -2.34. The van der Waals surface area contributed by atoms with Crippen LogP contribution in [0.5, 0.6) is 0 Å². The Morgan fingerprint density at radius 1 is 1.29 bits per heavy atom. The average Bonchev–Trinajstić information content (AvgIpc) is 3.21. The molecule has 1 aromatic carbocycles. The van der Waals surface area contributed by atoms with Crippen LogP contribution in [0.1, 0.15) is 17.8 Å². The van der Waals surface area contributed by atoms with Crippen molar-refractivity contribution < 1.29 is 4.79 Å². The molecular weight excluding hydrogens is 280 g/mol. The smallest absolute Gasteiger partial charge is 0.223 e. The monoisotopic (exact) mass is 298 g/mol. The van der Waals surface area contributed by atoms with E-state index in [0.29, 0.717) is 18.4 Å². The number of nitrogens with one attached hydrogen (secondary N) is 1. The number of allylic oxidation sites excluding steroid dienone is 2. The highest BCUT2D eigenvalue weighted by atomic mass is 32.1. The Kier molecular flexibility index (Phi) is 3.26. The maximum atomic E-state index is 12.2. The molecule has 1 fully saturated rings. The van der Waals surface area contributed by atoms with Crippen LogP contribution in [0, 0.1) is 17.8 Å². The van der Waals surface area contributed by atoms with Crippen molar-refractivity contribution in [3.63, 3.8) is 0 Å². The number of rotatable bonds is 4. The quantitative estimate of drug-likeness (QED) is 0.881. The number of hydrogen-bond donors (Lipinski definition) is 1. The van der Waals surface area contributed by atoms with Gasteiger partial charge in [0, 0.05) is 18.9 Å². The molecule has 1 aromatic heterocycles. The number of fused-ring (bicyclic) bond motifs is 3. The van der Waals surface area contributed by atoms with E-state index in [1.807, 2.05) is 18.2 Å². The van der Waals surface area contributed by atoms with Gasteiger partial charge in [0.25, 0.3) is 0 Å². The third-order valence-corrected chi connectivity index (χ3v) is 5.69. The minimum Gasteiger partial charge on any atom is -0.355 e. The highest BCUT2D eigenvalue weighted by Gasteiger charge is 2.39. The summed E-state index contributed by atoms with van der Waals surface area (Å²) >= 11 is 1.72. The molecular formula is C17H18N2OS. The third kappa shape index (κ3) is 2.48. The SMILES string of the molecule is O=C(NCCc1nc2ccccc2s1)[C@@H]1C[C@@H]2C=C[C@H]1C2. The summed E-state index contributed by atoms with van der Waals surface area (Å²) in [7, 11) is 0. The maximum Gasteiger partial charge on any atom is 0.223 e. The molecule has 0 saturated heterocycles. The van der Waals surface area contributed by atoms with Gasteiger partial charge in [-0.1, -0.05) is 24.3 Å². The highest BCUT2D eigenvalue weighted by Crippen LogP contribution is 2.43. The third-order valence-electron chi connectivity index (χ3n) is 4.59. The van der Waals surface area contributed by atoms with Crippen LogP contribution in [-0.2, 0) is 11.2 Å². The van der Waals surface area contributed by atoms with Gasteiger partial charge in [0.1, 0.15) is 0 Å². The zero-order chi connectivity index (χ0) is 14.2. The molecule has 2 aliphatic carbocycles. The normalized spacial score (nSPS) is 26.6. The fraction of sp³-hybridized carbons (Fsp3) is 0.412. The molecule has 1 heterocycles. The molecule has 0 radical (unpaired) electrons. The predicted octanol–water partition coefficient (Wildman–Crippen LogP) is 3.17. The molecule has 0 unspecified atom stereocenters. The first-order valence-corrected chi connectivity index (χ1v) is 8.42. The van der Waals surface area contributed by atoms with Gasteiger partial charge in [0.15, 0.2) is 0 Å². The van der Waals surface area contributed by atoms with E-state index in [0.717, 1.165) is 23.4 Å². The van der Waals surface area contributed by atoms with Gasteiger partial charge in [-0.25, -0.2) is 4.98 Å². The Morgan fingerprint density at radius 3 is 2.95 bits per heavy atom. The molecule has 2 aromatic rings. The van der Waals surface area contributed by atoms with Crippen LogP contribution >= 0.6 is 11.3 Å². The zero-order valence-electron chi connectivity index (χ0n) is 11.8. The van der Waals surface area contributed by atoms with Crippen molar-refractivity contribution in [2.24, 2.45) is 17.8 Å². The van der Waals surface area contributed by atoms with E-state index in [1.54, 1.807) is 11.3 Å². The Morgan fingerprint density at radius 2 is 2.19 bits per heavy atom. The van der Waals surface area contributed by atoms with E-state index >= 15 is 0 Å². The van der Waals surface area contributed by atoms with Crippen molar-refractivity contribution in [2.45, 2.75) is 19.3 Å². The maximum absolute atomic E-state index is 12.2. The van der Waals surface area contributed by atoms with Crippen LogP contribution < -0.4 is 5.32 Å². The number of thiazole rings is 1. The molecule has 21 heavy (non-hydrogen) atoms. The Hall–Kier alpha value is -1.68. The lowest BCUT2D eigenvalue weighted by Gasteiger charge is -2.17. The number of para-hydroxylation sites is 1. The lowest BCUT2D eigenvalue weighted by atomic mass is 9.93. The van der Waals surface area contributed by atoms with Crippen molar-refractivity contribution in [3.8, 4) is 0 Å². The summed E-state index contributed by atoms with van der Waals surface area (Å²) in [5.74, 6) is 1.57. The van der Waals surface area contributed by atoms with Gasteiger partial charge >= 0.3 is 0 Å². The average molecular weight is 298 g/mol. The summed E-state index contributed by atoms with van der Waals surface area (Å²) in [6.45, 7) is 0.691. The minimum atomic E-state index is 0.204. The van der Waals surface area contributed by atoms with E-state index in [9.17, 15) is 4.79 Å². The molecule has 3 atom stereocenters. The second kappa shape index (κ2) is 5.26. The van der Waals surface area contributed by atoms with Gasteiger partial charge < -0.3 is 5.32 Å². The van der Waals surface area contributed by atoms with Crippen molar-refractivity contribution in [1.82, 2.24) is 10.3 Å². The van der Waals surface area contributed by atoms with Gasteiger partial charge in [-0.3, -0.25) is 4.79 Å². The molecule has 0 spiro atoms. The van der Waals surface area contributed by atoms with E-state index in [1.165, 1.54) is 11.1 Å². The second-order valence-corrected chi connectivity index (χ2v) is 7.12. The van der Waals surface area contributed by atoms with Crippen LogP contribution in [0.3, 0.4) is 0 Å². The summed E-state index contributed by atoms with van der Waals surface area (Å²) < 4.78 is 1.22. The number of amides is 1. The number of carbonyl (C=O) groups excluding carboxylic acids is 1. The van der Waals surface area contributed by atoms with Crippen LogP contribution in [0.25, 0.3) is 10.2 Å². The van der Waals surface area contributed by atoms with Crippen molar-refractivity contribution >= 4 is 27.5 Å². The Balaban J connectivity index is 1.33. The van der Waals surface area contributed by atoms with Gasteiger partial charge in [0.2, 0.25) is 5.91 Å². The Bertz CT molecular complexity index is 673. The molecule has 2 aliphatic rings. The summed E-state index contributed by atoms with van der Waals surface area (Å²) in [6.07, 6.45) is 7.54. The number of aromatic nitrogens is 1. The first-order chi connectivity index (χ1) is 10.3. The van der Waals surface area contributed by atoms with Gasteiger partial charge in [-0.15, -0.1) is 11.3 Å². The number of hydrogen-bond acceptors (Lipinski definition) is 3. The minimum absolute atomic E-state index is 0.204. The fourth-order valence-corrected chi connectivity index (χ4v) is 4.50. The highest BCUT2D eigenvalue weighted by molar-refractivity contribution is 7.18. The summed E-state index contributed by atoms with van der Waals surface area (Å²) in [6, 6.07) is 8.18. The molecule has 1 amide bonds. The molecule has 4 rings (SSSR count). The van der Waals surface area contributed by atoms with Gasteiger partial charge in [-0.2, -0.15) is 0 Å². The molecule has 1 saturated carbocycles. The van der Waals surface area contributed by atoms with E-state index in [2.05, 4.69) is 28.5 Å². The summed E-state index contributed by atoms with van der Waals surface area (Å²) in [5.41, 5.74) is 1.06. The molecule has 0 aliphatic heterocycles. The molecule has 108 valence electrons. The van der Waals surface area contributed by atoms with Gasteiger partial charge in [-0.05, 0) is 36.8 Å². The van der Waals surface area contributed by atoms with E-state index in [4.69, 9.17) is 0 Å².